The van der Waals surface area contributed by atoms with E-state index in [9.17, 15) is 30.4 Å². The monoisotopic (exact) mass is 537 g/mol. The standard InChI is InChI=1S/C22H28F5N5O3S/c1-30-19(28-21(29-30)22(25,26)27)13-31-7-5-16(6-8-31)35-20-17(23)11-15(12-18(20)24)14-3-9-32(10-4-14)36(2,33)34/h11-12,14,16H,3-10,13H2,1-2H3. The lowest BCUT2D eigenvalue weighted by atomic mass is 9.90. The molecule has 14 heteroatoms. The van der Waals surface area contributed by atoms with Gasteiger partial charge in [0.2, 0.25) is 10.0 Å². The average molecular weight is 538 g/mol. The molecule has 1 aromatic carbocycles. The molecule has 2 aromatic rings. The van der Waals surface area contributed by atoms with Crippen LogP contribution in [-0.4, -0.2) is 70.9 Å². The lowest BCUT2D eigenvalue weighted by molar-refractivity contribution is -0.145. The average Bonchev–Trinajstić information content (AvgIpc) is 3.17. The molecule has 0 aliphatic carbocycles. The number of hydrogen-bond acceptors (Lipinski definition) is 6. The minimum Gasteiger partial charge on any atom is -0.484 e. The third kappa shape index (κ3) is 6.14. The van der Waals surface area contributed by atoms with Crippen molar-refractivity contribution in [2.24, 2.45) is 7.05 Å². The molecule has 0 radical (unpaired) electrons. The summed E-state index contributed by atoms with van der Waals surface area (Å²) in [4.78, 5) is 5.46. The molecule has 0 amide bonds. The molecule has 8 nitrogen and oxygen atoms in total. The molecule has 2 aliphatic heterocycles. The van der Waals surface area contributed by atoms with E-state index in [4.69, 9.17) is 4.74 Å². The highest BCUT2D eigenvalue weighted by Crippen LogP contribution is 2.34. The number of alkyl halides is 3. The largest absolute Gasteiger partial charge is 0.484 e. The quantitative estimate of drug-likeness (QED) is 0.527. The predicted molar refractivity (Wildman–Crippen MR) is 120 cm³/mol. The maximum atomic E-state index is 14.8. The maximum Gasteiger partial charge on any atom is 0.453 e. The van der Waals surface area contributed by atoms with Gasteiger partial charge in [-0.1, -0.05) is 0 Å². The van der Waals surface area contributed by atoms with Gasteiger partial charge in [-0.15, -0.1) is 5.10 Å². The summed E-state index contributed by atoms with van der Waals surface area (Å²) in [6.07, 6.45) is -2.10. The van der Waals surface area contributed by atoms with Gasteiger partial charge in [-0.2, -0.15) is 13.2 Å². The van der Waals surface area contributed by atoms with Gasteiger partial charge in [-0.05, 0) is 49.3 Å². The van der Waals surface area contributed by atoms with Crippen LogP contribution < -0.4 is 4.74 Å². The van der Waals surface area contributed by atoms with Crippen LogP contribution in [0.3, 0.4) is 0 Å². The van der Waals surface area contributed by atoms with Crippen LogP contribution in [0.25, 0.3) is 0 Å². The van der Waals surface area contributed by atoms with E-state index in [2.05, 4.69) is 10.1 Å². The van der Waals surface area contributed by atoms with Gasteiger partial charge in [0.25, 0.3) is 5.82 Å². The molecule has 0 unspecified atom stereocenters. The number of hydrogen-bond donors (Lipinski definition) is 0. The molecule has 0 atom stereocenters. The van der Waals surface area contributed by atoms with Gasteiger partial charge in [0.1, 0.15) is 11.9 Å². The smallest absolute Gasteiger partial charge is 0.453 e. The van der Waals surface area contributed by atoms with Gasteiger partial charge in [0, 0.05) is 33.2 Å². The Bertz CT molecular complexity index is 1160. The van der Waals surface area contributed by atoms with Crippen LogP contribution in [0, 0.1) is 11.6 Å². The Balaban J connectivity index is 1.33. The predicted octanol–water partition coefficient (Wildman–Crippen LogP) is 3.29. The zero-order valence-electron chi connectivity index (χ0n) is 19.9. The minimum absolute atomic E-state index is 0.150. The summed E-state index contributed by atoms with van der Waals surface area (Å²) in [5.41, 5.74) is 0.474. The zero-order valence-corrected chi connectivity index (χ0v) is 20.7. The molecule has 2 fully saturated rings. The van der Waals surface area contributed by atoms with Crippen molar-refractivity contribution in [1.82, 2.24) is 24.0 Å². The lowest BCUT2D eigenvalue weighted by Crippen LogP contribution is -2.38. The first-order chi connectivity index (χ1) is 16.8. The highest BCUT2D eigenvalue weighted by atomic mass is 32.2. The first-order valence-electron chi connectivity index (χ1n) is 11.6. The molecular weight excluding hydrogens is 509 g/mol. The molecule has 3 heterocycles. The molecule has 0 bridgehead atoms. The number of rotatable bonds is 6. The highest BCUT2D eigenvalue weighted by molar-refractivity contribution is 7.88. The molecular formula is C22H28F5N5O3S. The topological polar surface area (TPSA) is 80.6 Å². The van der Waals surface area contributed by atoms with Crippen LogP contribution >= 0.6 is 0 Å². The van der Waals surface area contributed by atoms with Crippen molar-refractivity contribution < 1.29 is 35.1 Å². The normalized spacial score (nSPS) is 19.6. The Morgan fingerprint density at radius 1 is 1.03 bits per heavy atom. The maximum absolute atomic E-state index is 14.8. The van der Waals surface area contributed by atoms with Gasteiger partial charge in [-0.25, -0.2) is 26.5 Å². The second-order valence-electron chi connectivity index (χ2n) is 9.32. The van der Waals surface area contributed by atoms with Gasteiger partial charge in [-0.3, -0.25) is 9.58 Å². The molecule has 0 N–H and O–H groups in total. The van der Waals surface area contributed by atoms with E-state index in [1.807, 2.05) is 4.90 Å². The number of halogens is 5. The summed E-state index contributed by atoms with van der Waals surface area (Å²) in [6, 6.07) is 2.50. The van der Waals surface area contributed by atoms with Gasteiger partial charge in [0.05, 0.1) is 12.8 Å². The van der Waals surface area contributed by atoms with E-state index in [0.717, 1.165) is 10.9 Å². The Hall–Kier alpha value is -2.32. The van der Waals surface area contributed by atoms with E-state index in [-0.39, 0.29) is 18.3 Å². The summed E-state index contributed by atoms with van der Waals surface area (Å²) in [6.45, 7) is 1.69. The molecule has 2 aliphatic rings. The fraction of sp³-hybridized carbons (Fsp3) is 0.636. The molecule has 0 spiro atoms. The number of benzene rings is 1. The zero-order chi connectivity index (χ0) is 26.3. The second kappa shape index (κ2) is 10.2. The lowest BCUT2D eigenvalue weighted by Gasteiger charge is -2.32. The minimum atomic E-state index is -4.62. The third-order valence-electron chi connectivity index (χ3n) is 6.71. The van der Waals surface area contributed by atoms with Crippen LogP contribution in [0.15, 0.2) is 12.1 Å². The fourth-order valence-electron chi connectivity index (χ4n) is 4.67. The number of piperidine rings is 2. The van der Waals surface area contributed by atoms with Gasteiger partial charge >= 0.3 is 6.18 Å². The van der Waals surface area contributed by atoms with Crippen LogP contribution in [0.2, 0.25) is 0 Å². The highest BCUT2D eigenvalue weighted by Gasteiger charge is 2.37. The Kier molecular flexibility index (Phi) is 7.58. The number of likely N-dealkylation sites (tertiary alicyclic amines) is 1. The number of ether oxygens (including phenoxy) is 1. The molecule has 1 aromatic heterocycles. The van der Waals surface area contributed by atoms with Gasteiger partial charge < -0.3 is 4.74 Å². The summed E-state index contributed by atoms with van der Waals surface area (Å²) >= 11 is 0. The summed E-state index contributed by atoms with van der Waals surface area (Å²) < 4.78 is 99.5. The summed E-state index contributed by atoms with van der Waals surface area (Å²) in [7, 11) is -1.89. The second-order valence-corrected chi connectivity index (χ2v) is 11.3. The SMILES string of the molecule is Cn1nc(C(F)(F)F)nc1CN1CCC(Oc2c(F)cc(C3CCN(S(C)(=O)=O)CC3)cc2F)CC1. The Labute approximate surface area is 206 Å². The van der Waals surface area contributed by atoms with E-state index in [0.29, 0.717) is 57.4 Å². The first kappa shape index (κ1) is 26.7. The number of aryl methyl sites for hydroxylation is 1. The van der Waals surface area contributed by atoms with Crippen molar-refractivity contribution in [2.45, 2.75) is 50.4 Å². The molecule has 4 rings (SSSR count). The van der Waals surface area contributed by atoms with E-state index >= 15 is 0 Å². The van der Waals surface area contributed by atoms with E-state index < -0.39 is 45.5 Å². The van der Waals surface area contributed by atoms with Crippen molar-refractivity contribution in [3.63, 3.8) is 0 Å². The number of aromatic nitrogens is 3. The van der Waals surface area contributed by atoms with Crippen LogP contribution in [0.5, 0.6) is 5.75 Å². The summed E-state index contributed by atoms with van der Waals surface area (Å²) in [5.74, 6) is -3.23. The summed E-state index contributed by atoms with van der Waals surface area (Å²) in [5, 5.41) is 3.41. The van der Waals surface area contributed by atoms with Crippen molar-refractivity contribution in [1.29, 1.82) is 0 Å². The van der Waals surface area contributed by atoms with Crippen molar-refractivity contribution in [2.75, 3.05) is 32.4 Å². The molecule has 200 valence electrons. The van der Waals surface area contributed by atoms with Crippen LogP contribution in [0.1, 0.15) is 48.8 Å². The van der Waals surface area contributed by atoms with Crippen molar-refractivity contribution in [3.8, 4) is 5.75 Å². The van der Waals surface area contributed by atoms with Crippen LogP contribution in [-0.2, 0) is 29.8 Å². The van der Waals surface area contributed by atoms with E-state index in [1.54, 1.807) is 0 Å². The van der Waals surface area contributed by atoms with Gasteiger partial charge in [0.15, 0.2) is 17.4 Å². The molecule has 36 heavy (non-hydrogen) atoms. The van der Waals surface area contributed by atoms with Crippen molar-refractivity contribution >= 4 is 10.0 Å². The van der Waals surface area contributed by atoms with E-state index in [1.165, 1.54) is 23.5 Å². The van der Waals surface area contributed by atoms with Crippen molar-refractivity contribution in [3.05, 3.63) is 41.0 Å². The first-order valence-corrected chi connectivity index (χ1v) is 13.5. The Morgan fingerprint density at radius 2 is 1.61 bits per heavy atom. The Morgan fingerprint density at radius 3 is 2.11 bits per heavy atom. The third-order valence-corrected chi connectivity index (χ3v) is 8.01. The van der Waals surface area contributed by atoms with Crippen LogP contribution in [0.4, 0.5) is 22.0 Å². The number of nitrogens with zero attached hydrogens (tertiary/aromatic N) is 5. The number of sulfonamides is 1. The molecule has 2 saturated heterocycles. The molecule has 0 saturated carbocycles. The fourth-order valence-corrected chi connectivity index (χ4v) is 5.55.